The van der Waals surface area contributed by atoms with Crippen molar-refractivity contribution in [1.29, 1.82) is 0 Å². The van der Waals surface area contributed by atoms with Gasteiger partial charge in [0.15, 0.2) is 5.76 Å². The molecule has 0 bridgehead atoms. The zero-order chi connectivity index (χ0) is 25.1. The summed E-state index contributed by atoms with van der Waals surface area (Å²) in [7, 11) is 0. The second-order valence-corrected chi connectivity index (χ2v) is 9.44. The van der Waals surface area contributed by atoms with Crippen LogP contribution in [0, 0.1) is 11.7 Å². The maximum Gasteiger partial charge on any atom is 0.287 e. The van der Waals surface area contributed by atoms with E-state index in [4.69, 9.17) is 9.15 Å². The van der Waals surface area contributed by atoms with Crippen LogP contribution in [0.25, 0.3) is 0 Å². The van der Waals surface area contributed by atoms with E-state index in [2.05, 4.69) is 5.32 Å². The van der Waals surface area contributed by atoms with Crippen LogP contribution in [0.15, 0.2) is 59.0 Å². The fourth-order valence-electron chi connectivity index (χ4n) is 4.35. The van der Waals surface area contributed by atoms with Crippen molar-refractivity contribution < 1.29 is 23.1 Å². The summed E-state index contributed by atoms with van der Waals surface area (Å²) < 4.78 is 25.7. The Kier molecular flexibility index (Phi) is 7.24. The van der Waals surface area contributed by atoms with Gasteiger partial charge in [-0.2, -0.15) is 0 Å². The molecule has 184 valence electrons. The number of carbonyl (C=O) groups excluding carboxylic acids is 2. The molecule has 0 radical (unpaired) electrons. The molecule has 1 aromatic heterocycles. The van der Waals surface area contributed by atoms with Crippen LogP contribution < -0.4 is 10.1 Å². The summed E-state index contributed by atoms with van der Waals surface area (Å²) >= 11 is 0. The van der Waals surface area contributed by atoms with E-state index in [1.54, 1.807) is 18.2 Å². The van der Waals surface area contributed by atoms with Crippen molar-refractivity contribution in [2.75, 3.05) is 6.54 Å². The fraction of sp³-hybridized carbons (Fsp3) is 0.357. The van der Waals surface area contributed by atoms with E-state index in [0.29, 0.717) is 24.5 Å². The highest BCUT2D eigenvalue weighted by atomic mass is 19.1. The lowest BCUT2D eigenvalue weighted by Crippen LogP contribution is -2.42. The van der Waals surface area contributed by atoms with Gasteiger partial charge in [0, 0.05) is 18.5 Å². The normalized spacial score (nSPS) is 15.3. The molecule has 2 heterocycles. The van der Waals surface area contributed by atoms with Crippen LogP contribution in [-0.2, 0) is 17.8 Å². The highest BCUT2D eigenvalue weighted by molar-refractivity contribution is 5.91. The number of halogens is 1. The Morgan fingerprint density at radius 3 is 2.63 bits per heavy atom. The van der Waals surface area contributed by atoms with Crippen molar-refractivity contribution in [2.24, 2.45) is 5.92 Å². The second-order valence-electron chi connectivity index (χ2n) is 9.44. The van der Waals surface area contributed by atoms with E-state index in [9.17, 15) is 14.0 Å². The van der Waals surface area contributed by atoms with Crippen molar-refractivity contribution in [1.82, 2.24) is 10.2 Å². The maximum absolute atomic E-state index is 14.1. The first kappa shape index (κ1) is 24.5. The van der Waals surface area contributed by atoms with Gasteiger partial charge in [-0.05, 0) is 73.4 Å². The first-order valence-corrected chi connectivity index (χ1v) is 11.9. The van der Waals surface area contributed by atoms with Crippen molar-refractivity contribution in [3.05, 3.63) is 88.6 Å². The summed E-state index contributed by atoms with van der Waals surface area (Å²) in [6.45, 7) is 8.23. The topological polar surface area (TPSA) is 71.8 Å². The van der Waals surface area contributed by atoms with Crippen molar-refractivity contribution in [2.45, 2.75) is 52.8 Å². The third-order valence-electron chi connectivity index (χ3n) is 5.97. The van der Waals surface area contributed by atoms with E-state index >= 15 is 0 Å². The minimum Gasteiger partial charge on any atom is -0.486 e. The molecule has 1 atom stereocenters. The van der Waals surface area contributed by atoms with E-state index in [1.807, 2.05) is 56.9 Å². The number of hydrogen-bond acceptors (Lipinski definition) is 4. The first-order valence-electron chi connectivity index (χ1n) is 11.9. The largest absolute Gasteiger partial charge is 0.486 e. The van der Waals surface area contributed by atoms with Gasteiger partial charge in [0.05, 0.1) is 6.04 Å². The molecular weight excluding hydrogens is 447 g/mol. The SMILES string of the molecule is CC(C)NC(=O)c1ccc(COc2ccc3c(c2)C(c2cccc(F)c2)N(C(=O)C(C)C)CC3)o1. The zero-order valence-electron chi connectivity index (χ0n) is 20.5. The zero-order valence-corrected chi connectivity index (χ0v) is 20.5. The molecule has 0 fully saturated rings. The molecule has 7 heteroatoms. The van der Waals surface area contributed by atoms with E-state index in [1.165, 1.54) is 12.1 Å². The maximum atomic E-state index is 14.1. The van der Waals surface area contributed by atoms with Crippen LogP contribution in [0.2, 0.25) is 0 Å². The molecule has 2 amide bonds. The standard InChI is InChI=1S/C28H31FN2O4/c1-17(2)28(33)31-13-12-19-8-9-22(15-24(19)26(31)20-6-5-7-21(29)14-20)34-16-23-10-11-25(35-23)27(32)30-18(3)4/h5-11,14-15,17-18,26H,12-13,16H2,1-4H3,(H,30,32). The average molecular weight is 479 g/mol. The van der Waals surface area contributed by atoms with Gasteiger partial charge in [0.1, 0.15) is 23.9 Å². The van der Waals surface area contributed by atoms with Crippen LogP contribution in [0.4, 0.5) is 4.39 Å². The van der Waals surface area contributed by atoms with Crippen molar-refractivity contribution in [3.8, 4) is 5.75 Å². The predicted octanol–water partition coefficient (Wildman–Crippen LogP) is 5.27. The molecule has 6 nitrogen and oxygen atoms in total. The Morgan fingerprint density at radius 2 is 1.91 bits per heavy atom. The molecule has 0 spiro atoms. The Hall–Kier alpha value is -3.61. The van der Waals surface area contributed by atoms with Gasteiger partial charge in [-0.15, -0.1) is 0 Å². The number of rotatable bonds is 7. The molecule has 0 aliphatic carbocycles. The second kappa shape index (κ2) is 10.3. The fourth-order valence-corrected chi connectivity index (χ4v) is 4.35. The smallest absolute Gasteiger partial charge is 0.287 e. The number of ether oxygens (including phenoxy) is 1. The predicted molar refractivity (Wildman–Crippen MR) is 131 cm³/mol. The number of fused-ring (bicyclic) bond motifs is 1. The van der Waals surface area contributed by atoms with Gasteiger partial charge < -0.3 is 19.4 Å². The van der Waals surface area contributed by atoms with E-state index in [0.717, 1.165) is 16.7 Å². The number of amides is 2. The van der Waals surface area contributed by atoms with Gasteiger partial charge in [-0.1, -0.05) is 32.0 Å². The number of benzene rings is 2. The van der Waals surface area contributed by atoms with Gasteiger partial charge in [-0.3, -0.25) is 9.59 Å². The monoisotopic (exact) mass is 478 g/mol. The molecular formula is C28H31FN2O4. The van der Waals surface area contributed by atoms with Crippen molar-refractivity contribution >= 4 is 11.8 Å². The van der Waals surface area contributed by atoms with Crippen molar-refractivity contribution in [3.63, 3.8) is 0 Å². The molecule has 1 N–H and O–H groups in total. The lowest BCUT2D eigenvalue weighted by atomic mass is 9.87. The molecule has 35 heavy (non-hydrogen) atoms. The van der Waals surface area contributed by atoms with Gasteiger partial charge in [0.2, 0.25) is 5.91 Å². The lowest BCUT2D eigenvalue weighted by Gasteiger charge is -2.39. The molecule has 3 aromatic rings. The number of nitrogens with one attached hydrogen (secondary N) is 1. The van der Waals surface area contributed by atoms with Gasteiger partial charge in [0.25, 0.3) is 5.91 Å². The minimum absolute atomic E-state index is 0.0102. The number of hydrogen-bond donors (Lipinski definition) is 1. The number of furan rings is 1. The molecule has 0 saturated heterocycles. The summed E-state index contributed by atoms with van der Waals surface area (Å²) in [6.07, 6.45) is 0.715. The lowest BCUT2D eigenvalue weighted by molar-refractivity contribution is -0.136. The van der Waals surface area contributed by atoms with Crippen LogP contribution in [0.5, 0.6) is 5.75 Å². The summed E-state index contributed by atoms with van der Waals surface area (Å²) in [6, 6.07) is 15.2. The first-order chi connectivity index (χ1) is 16.7. The Morgan fingerprint density at radius 1 is 1.11 bits per heavy atom. The van der Waals surface area contributed by atoms with Crippen LogP contribution >= 0.6 is 0 Å². The Balaban J connectivity index is 1.59. The highest BCUT2D eigenvalue weighted by Crippen LogP contribution is 2.38. The van der Waals surface area contributed by atoms with Crippen LogP contribution in [0.1, 0.15) is 66.7 Å². The number of nitrogens with zero attached hydrogens (tertiary/aromatic N) is 1. The summed E-state index contributed by atoms with van der Waals surface area (Å²) in [5.74, 6) is 0.606. The van der Waals surface area contributed by atoms with Crippen LogP contribution in [-0.4, -0.2) is 29.3 Å². The molecule has 1 aliphatic rings. The molecule has 4 rings (SSSR count). The third-order valence-corrected chi connectivity index (χ3v) is 5.97. The molecule has 1 aliphatic heterocycles. The van der Waals surface area contributed by atoms with E-state index in [-0.39, 0.29) is 42.0 Å². The van der Waals surface area contributed by atoms with E-state index < -0.39 is 6.04 Å². The van der Waals surface area contributed by atoms with Gasteiger partial charge >= 0.3 is 0 Å². The summed E-state index contributed by atoms with van der Waals surface area (Å²) in [4.78, 5) is 27.0. The third kappa shape index (κ3) is 5.56. The summed E-state index contributed by atoms with van der Waals surface area (Å²) in [5, 5.41) is 2.79. The minimum atomic E-state index is -0.400. The quantitative estimate of drug-likeness (QED) is 0.502. The Labute approximate surface area is 205 Å². The summed E-state index contributed by atoms with van der Waals surface area (Å²) in [5.41, 5.74) is 2.75. The Bertz CT molecular complexity index is 1220. The molecule has 1 unspecified atom stereocenters. The average Bonchev–Trinajstić information content (AvgIpc) is 3.30. The van der Waals surface area contributed by atoms with Gasteiger partial charge in [-0.25, -0.2) is 4.39 Å². The highest BCUT2D eigenvalue weighted by Gasteiger charge is 2.33. The molecule has 0 saturated carbocycles. The molecule has 2 aromatic carbocycles. The van der Waals surface area contributed by atoms with Crippen LogP contribution in [0.3, 0.4) is 0 Å². The number of carbonyl (C=O) groups is 2.